The molecule has 0 aliphatic carbocycles. The first-order valence-electron chi connectivity index (χ1n) is 1.63. The summed E-state index contributed by atoms with van der Waals surface area (Å²) in [5.74, 6) is 0. The van der Waals surface area contributed by atoms with Gasteiger partial charge >= 0.3 is 0 Å². The van der Waals surface area contributed by atoms with E-state index in [0.29, 0.717) is 0 Å². The summed E-state index contributed by atoms with van der Waals surface area (Å²) in [6, 6.07) is 1.75. The second-order valence-corrected chi connectivity index (χ2v) is 0.428. The average Bonchev–Trinajstić information content (AvgIpc) is 1.70. The van der Waals surface area contributed by atoms with Crippen molar-refractivity contribution in [1.82, 2.24) is 0 Å². The number of rotatable bonds is 0. The van der Waals surface area contributed by atoms with Crippen LogP contribution in [0.4, 0.5) is 0 Å². The Morgan fingerprint density at radius 1 is 1.22 bits per heavy atom. The molecule has 0 bridgehead atoms. The molecular formula is C4H5N3O2. The van der Waals surface area contributed by atoms with Crippen LogP contribution in [0.1, 0.15) is 6.92 Å². The monoisotopic (exact) mass is 127 g/mol. The van der Waals surface area contributed by atoms with Crippen LogP contribution in [0.5, 0.6) is 0 Å². The molecule has 0 spiro atoms. The van der Waals surface area contributed by atoms with Crippen molar-refractivity contribution < 1.29 is 9.59 Å². The molecule has 0 radical (unpaired) electrons. The molecule has 0 rings (SSSR count). The fraction of sp³-hybridized carbons (Fsp3) is 0.250. The second kappa shape index (κ2) is 110. The number of hydrogen-bond acceptors (Lipinski definition) is 5. The van der Waals surface area contributed by atoms with Gasteiger partial charge in [0, 0.05) is 6.92 Å². The Balaban J connectivity index is -0.0000000600. The molecule has 0 fully saturated rings. The van der Waals surface area contributed by atoms with Crippen LogP contribution in [0, 0.1) is 22.1 Å². The van der Waals surface area contributed by atoms with Crippen LogP contribution in [-0.2, 0) is 9.59 Å². The molecule has 0 heterocycles. The van der Waals surface area contributed by atoms with Crippen molar-refractivity contribution in [2.75, 3.05) is 0 Å². The fourth-order valence-electron chi connectivity index (χ4n) is 0. The fourth-order valence-corrected chi connectivity index (χ4v) is 0. The highest BCUT2D eigenvalue weighted by Crippen LogP contribution is 1.21. The molecule has 2 N–H and O–H groups in total. The minimum atomic E-state index is 0.750. The highest BCUT2D eigenvalue weighted by molar-refractivity contribution is 5.26. The first-order valence-corrected chi connectivity index (χ1v) is 1.63. The zero-order valence-electron chi connectivity index (χ0n) is 4.76. The summed E-state index contributed by atoms with van der Waals surface area (Å²) in [5.41, 5.74) is 0. The van der Waals surface area contributed by atoms with E-state index in [1.807, 2.05) is 0 Å². The van der Waals surface area contributed by atoms with Crippen molar-refractivity contribution in [2.24, 2.45) is 0 Å². The molecule has 0 aromatic carbocycles. The van der Waals surface area contributed by atoms with Crippen molar-refractivity contribution in [3.05, 3.63) is 0 Å². The van der Waals surface area contributed by atoms with Crippen molar-refractivity contribution in [3.63, 3.8) is 0 Å². The summed E-state index contributed by atoms with van der Waals surface area (Å²) in [6.45, 7) is 1.43. The first kappa shape index (κ1) is 15.7. The SMILES string of the molecule is CC#N.N=C=O.N=C=O. The van der Waals surface area contributed by atoms with Crippen LogP contribution in [-0.4, -0.2) is 12.2 Å². The maximum absolute atomic E-state index is 8.35. The zero-order valence-corrected chi connectivity index (χ0v) is 4.76. The van der Waals surface area contributed by atoms with Crippen LogP contribution < -0.4 is 0 Å². The summed E-state index contributed by atoms with van der Waals surface area (Å²) in [4.78, 5) is 16.7. The third kappa shape index (κ3) is 36.9. The number of isocyanates is 2. The highest BCUT2D eigenvalue weighted by atomic mass is 16.1. The largest absolute Gasteiger partial charge is 0.231 e. The van der Waals surface area contributed by atoms with Gasteiger partial charge in [0.2, 0.25) is 12.2 Å². The average molecular weight is 127 g/mol. The maximum Gasteiger partial charge on any atom is 0.231 e. The van der Waals surface area contributed by atoms with Gasteiger partial charge < -0.3 is 0 Å². The highest BCUT2D eigenvalue weighted by Gasteiger charge is 1.17. The van der Waals surface area contributed by atoms with E-state index in [-0.39, 0.29) is 0 Å². The number of nitrogens with one attached hydrogen (secondary N) is 2. The van der Waals surface area contributed by atoms with Gasteiger partial charge in [-0.25, -0.2) is 20.4 Å². The summed E-state index contributed by atoms with van der Waals surface area (Å²) in [5, 5.41) is 18.1. The molecule has 0 saturated carbocycles. The molecule has 0 aromatic heterocycles. The Morgan fingerprint density at radius 2 is 1.22 bits per heavy atom. The lowest BCUT2D eigenvalue weighted by molar-refractivity contribution is 0.562. The summed E-state index contributed by atoms with van der Waals surface area (Å²) < 4.78 is 0. The smallest absolute Gasteiger partial charge is 0.222 e. The van der Waals surface area contributed by atoms with Gasteiger partial charge in [-0.3, -0.25) is 0 Å². The Hall–Kier alpha value is -1.75. The van der Waals surface area contributed by atoms with E-state index < -0.39 is 0 Å². The van der Waals surface area contributed by atoms with Crippen LogP contribution in [0.3, 0.4) is 0 Å². The summed E-state index contributed by atoms with van der Waals surface area (Å²) >= 11 is 0. The molecule has 0 saturated heterocycles. The van der Waals surface area contributed by atoms with Gasteiger partial charge in [0.25, 0.3) is 0 Å². The molecule has 0 amide bonds. The van der Waals surface area contributed by atoms with Gasteiger partial charge in [-0.2, -0.15) is 5.26 Å². The zero-order chi connectivity index (χ0) is 8.12. The van der Waals surface area contributed by atoms with Crippen LogP contribution in [0.15, 0.2) is 0 Å². The lowest BCUT2D eigenvalue weighted by Crippen LogP contribution is -1.16. The van der Waals surface area contributed by atoms with Crippen molar-refractivity contribution >= 4 is 12.2 Å². The van der Waals surface area contributed by atoms with Crippen molar-refractivity contribution in [3.8, 4) is 6.07 Å². The molecule has 5 heteroatoms. The Morgan fingerprint density at radius 3 is 1.22 bits per heavy atom. The summed E-state index contributed by atoms with van der Waals surface area (Å²) in [7, 11) is 0. The molecule has 0 aliphatic heterocycles. The van der Waals surface area contributed by atoms with Gasteiger partial charge in [-0.05, 0) is 0 Å². The maximum atomic E-state index is 8.35. The topological polar surface area (TPSA) is 106 Å². The number of hydrogen-bond donors (Lipinski definition) is 2. The van der Waals surface area contributed by atoms with Gasteiger partial charge in [0.15, 0.2) is 0 Å². The predicted molar refractivity (Wildman–Crippen MR) is 28.1 cm³/mol. The molecule has 0 aromatic rings. The van der Waals surface area contributed by atoms with Crippen LogP contribution >= 0.6 is 0 Å². The van der Waals surface area contributed by atoms with Gasteiger partial charge in [0.1, 0.15) is 0 Å². The van der Waals surface area contributed by atoms with E-state index in [1.54, 1.807) is 6.07 Å². The van der Waals surface area contributed by atoms with E-state index in [1.165, 1.54) is 6.92 Å². The third-order valence-electron chi connectivity index (χ3n) is 0. The van der Waals surface area contributed by atoms with Crippen LogP contribution in [0.2, 0.25) is 0 Å². The molecule has 0 aliphatic rings. The standard InChI is InChI=1S/C2H3N.2CHNO/c1-2-3;2*2-1-3/h1H3;2*2H. The van der Waals surface area contributed by atoms with E-state index in [9.17, 15) is 0 Å². The van der Waals surface area contributed by atoms with Crippen LogP contribution in [0.25, 0.3) is 0 Å². The molecule has 9 heavy (non-hydrogen) atoms. The molecule has 48 valence electrons. The molecular weight excluding hydrogens is 122 g/mol. The van der Waals surface area contributed by atoms with E-state index in [4.69, 9.17) is 25.7 Å². The lowest BCUT2D eigenvalue weighted by atomic mass is 11.0. The molecule has 0 atom stereocenters. The van der Waals surface area contributed by atoms with Gasteiger partial charge in [-0.15, -0.1) is 0 Å². The van der Waals surface area contributed by atoms with Gasteiger partial charge in [0.05, 0.1) is 6.07 Å². The van der Waals surface area contributed by atoms with Crippen molar-refractivity contribution in [1.29, 1.82) is 16.1 Å². The summed E-state index contributed by atoms with van der Waals surface area (Å²) in [6.07, 6.45) is 1.50. The van der Waals surface area contributed by atoms with E-state index >= 15 is 0 Å². The Labute approximate surface area is 51.9 Å². The molecule has 0 unspecified atom stereocenters. The number of nitriles is 1. The quantitative estimate of drug-likeness (QED) is 0.361. The Kier molecular flexibility index (Phi) is 192. The lowest BCUT2D eigenvalue weighted by Gasteiger charge is -1.15. The van der Waals surface area contributed by atoms with Crippen molar-refractivity contribution in [2.45, 2.75) is 6.92 Å². The third-order valence-corrected chi connectivity index (χ3v) is 0. The minimum absolute atomic E-state index is 0.750. The Bertz CT molecular complexity index is 122. The van der Waals surface area contributed by atoms with Gasteiger partial charge in [-0.1, -0.05) is 0 Å². The minimum Gasteiger partial charge on any atom is -0.222 e. The normalized spacial score (nSPS) is 2.67. The predicted octanol–water partition coefficient (Wildman–Crippen LogP) is 0.332. The molecule has 5 nitrogen and oxygen atoms in total. The van der Waals surface area contributed by atoms with E-state index in [0.717, 1.165) is 12.2 Å². The number of carbonyl (C=O) groups excluding carboxylic acids is 2. The van der Waals surface area contributed by atoms with E-state index in [2.05, 4.69) is 0 Å². The second-order valence-electron chi connectivity index (χ2n) is 0.428. The number of nitrogens with zero attached hydrogens (tertiary/aromatic N) is 1. The first-order chi connectivity index (χ1) is 4.24.